The van der Waals surface area contributed by atoms with E-state index < -0.39 is 0 Å². The molecule has 0 aromatic rings. The van der Waals surface area contributed by atoms with Gasteiger partial charge in [0, 0.05) is 19.6 Å². The Labute approximate surface area is 121 Å². The molecule has 0 radical (unpaired) electrons. The minimum absolute atomic E-state index is 0.0349. The molecule has 5 heteroatoms. The minimum atomic E-state index is -0.0767. The van der Waals surface area contributed by atoms with Gasteiger partial charge in [-0.1, -0.05) is 20.8 Å². The van der Waals surface area contributed by atoms with Crippen LogP contribution in [0, 0.1) is 5.41 Å². The summed E-state index contributed by atoms with van der Waals surface area (Å²) in [6.07, 6.45) is 1.94. The van der Waals surface area contributed by atoms with Gasteiger partial charge in [-0.05, 0) is 18.3 Å². The van der Waals surface area contributed by atoms with Crippen LogP contribution in [0.3, 0.4) is 0 Å². The van der Waals surface area contributed by atoms with Crippen molar-refractivity contribution in [1.29, 1.82) is 0 Å². The van der Waals surface area contributed by atoms with Crippen molar-refractivity contribution in [2.24, 2.45) is 5.41 Å². The molecule has 0 aromatic heterocycles. The Morgan fingerprint density at radius 3 is 2.75 bits per heavy atom. The largest absolute Gasteiger partial charge is 0.395 e. The van der Waals surface area contributed by atoms with Gasteiger partial charge in [-0.25, -0.2) is 0 Å². The molecule has 5 nitrogen and oxygen atoms in total. The van der Waals surface area contributed by atoms with Crippen LogP contribution in [0.4, 0.5) is 0 Å². The van der Waals surface area contributed by atoms with Gasteiger partial charge in [0.2, 0.25) is 5.91 Å². The topological polar surface area (TPSA) is 53.0 Å². The highest BCUT2D eigenvalue weighted by Crippen LogP contribution is 2.24. The number of piperidine rings is 1. The average molecular weight is 284 g/mol. The van der Waals surface area contributed by atoms with E-state index in [0.717, 1.165) is 32.5 Å². The van der Waals surface area contributed by atoms with Gasteiger partial charge in [0.1, 0.15) is 0 Å². The predicted molar refractivity (Wildman–Crippen MR) is 77.5 cm³/mol. The van der Waals surface area contributed by atoms with Gasteiger partial charge in [-0.3, -0.25) is 9.69 Å². The minimum Gasteiger partial charge on any atom is -0.395 e. The molecule has 1 N–H and O–H groups in total. The van der Waals surface area contributed by atoms with E-state index in [9.17, 15) is 9.90 Å². The summed E-state index contributed by atoms with van der Waals surface area (Å²) in [6, 6.07) is -0.112. The molecule has 2 rings (SSSR count). The number of amides is 1. The van der Waals surface area contributed by atoms with E-state index >= 15 is 0 Å². The fourth-order valence-electron chi connectivity index (χ4n) is 3.19. The van der Waals surface area contributed by atoms with E-state index in [2.05, 4.69) is 25.7 Å². The molecule has 2 unspecified atom stereocenters. The number of aliphatic hydroxyl groups is 1. The molecule has 20 heavy (non-hydrogen) atoms. The molecule has 0 spiro atoms. The molecular formula is C15H28N2O3. The third-order valence-corrected chi connectivity index (χ3v) is 4.05. The molecule has 0 saturated carbocycles. The second-order valence-electron chi connectivity index (χ2n) is 7.13. The lowest BCUT2D eigenvalue weighted by molar-refractivity contribution is -0.147. The molecule has 116 valence electrons. The van der Waals surface area contributed by atoms with Gasteiger partial charge >= 0.3 is 0 Å². The highest BCUT2D eigenvalue weighted by molar-refractivity contribution is 5.82. The van der Waals surface area contributed by atoms with Crippen molar-refractivity contribution in [2.75, 3.05) is 39.5 Å². The summed E-state index contributed by atoms with van der Waals surface area (Å²) in [4.78, 5) is 16.9. The van der Waals surface area contributed by atoms with E-state index in [-0.39, 0.29) is 30.0 Å². The zero-order chi connectivity index (χ0) is 14.8. The molecule has 2 heterocycles. The Kier molecular flexibility index (Phi) is 5.04. The molecule has 0 aliphatic carbocycles. The second-order valence-corrected chi connectivity index (χ2v) is 7.13. The average Bonchev–Trinajstić information content (AvgIpc) is 2.40. The van der Waals surface area contributed by atoms with Gasteiger partial charge in [0.15, 0.2) is 0 Å². The number of hydrogen-bond donors (Lipinski definition) is 1. The Morgan fingerprint density at radius 1 is 1.35 bits per heavy atom. The highest BCUT2D eigenvalue weighted by atomic mass is 16.5. The number of carbonyl (C=O) groups is 1. The van der Waals surface area contributed by atoms with Crippen LogP contribution in [0.25, 0.3) is 0 Å². The zero-order valence-corrected chi connectivity index (χ0v) is 13.0. The molecular weight excluding hydrogens is 256 g/mol. The number of nitrogens with zero attached hydrogens (tertiary/aromatic N) is 2. The first-order valence-electron chi connectivity index (χ1n) is 7.65. The van der Waals surface area contributed by atoms with Gasteiger partial charge in [-0.2, -0.15) is 0 Å². The Bertz CT molecular complexity index is 341. The fraction of sp³-hybridized carbons (Fsp3) is 0.933. The van der Waals surface area contributed by atoms with Crippen LogP contribution in [0.15, 0.2) is 0 Å². The number of rotatable bonds is 3. The van der Waals surface area contributed by atoms with Crippen molar-refractivity contribution in [1.82, 2.24) is 9.80 Å². The zero-order valence-electron chi connectivity index (χ0n) is 13.0. The number of aliphatic hydroxyl groups excluding tert-OH is 1. The van der Waals surface area contributed by atoms with Gasteiger partial charge in [-0.15, -0.1) is 0 Å². The molecule has 2 saturated heterocycles. The lowest BCUT2D eigenvalue weighted by Gasteiger charge is -2.44. The number of carbonyl (C=O) groups excluding carboxylic acids is 1. The van der Waals surface area contributed by atoms with E-state index in [1.165, 1.54) is 0 Å². The van der Waals surface area contributed by atoms with Gasteiger partial charge < -0.3 is 14.7 Å². The Morgan fingerprint density at radius 2 is 2.10 bits per heavy atom. The summed E-state index contributed by atoms with van der Waals surface area (Å²) in [5.74, 6) is 0.228. The maximum Gasteiger partial charge on any atom is 0.239 e. The van der Waals surface area contributed by atoms with Crippen molar-refractivity contribution < 1.29 is 14.6 Å². The molecule has 1 amide bonds. The summed E-state index contributed by atoms with van der Waals surface area (Å²) in [5.41, 5.74) is 0.124. The lowest BCUT2D eigenvalue weighted by atomic mass is 9.93. The van der Waals surface area contributed by atoms with E-state index in [0.29, 0.717) is 13.2 Å². The third kappa shape index (κ3) is 3.71. The Hall–Kier alpha value is -0.650. The van der Waals surface area contributed by atoms with E-state index in [4.69, 9.17) is 4.74 Å². The number of ether oxygens (including phenoxy) is 1. The third-order valence-electron chi connectivity index (χ3n) is 4.05. The molecule has 2 aliphatic rings. The number of morpholine rings is 1. The molecule has 2 fully saturated rings. The standard InChI is InChI=1S/C15H28N2O3/c1-15(2,3)11-16-6-4-5-13(14(16)19)17-7-8-20-10-12(17)9-18/h12-13,18H,4-11H2,1-3H3. The summed E-state index contributed by atoms with van der Waals surface area (Å²) >= 11 is 0. The quantitative estimate of drug-likeness (QED) is 0.829. The van der Waals surface area contributed by atoms with Crippen molar-refractivity contribution in [2.45, 2.75) is 45.7 Å². The monoisotopic (exact) mass is 284 g/mol. The molecule has 0 aromatic carbocycles. The van der Waals surface area contributed by atoms with Crippen LogP contribution in [-0.2, 0) is 9.53 Å². The smallest absolute Gasteiger partial charge is 0.239 e. The highest BCUT2D eigenvalue weighted by Gasteiger charge is 2.38. The second kappa shape index (κ2) is 6.41. The van der Waals surface area contributed by atoms with Crippen LogP contribution in [0.2, 0.25) is 0 Å². The molecule has 0 bridgehead atoms. The normalized spacial score (nSPS) is 29.8. The maximum atomic E-state index is 12.7. The summed E-state index contributed by atoms with van der Waals surface area (Å²) in [7, 11) is 0. The van der Waals surface area contributed by atoms with Crippen LogP contribution < -0.4 is 0 Å². The molecule has 2 aliphatic heterocycles. The summed E-state index contributed by atoms with van der Waals surface area (Å²) in [6.45, 7) is 10.1. The van der Waals surface area contributed by atoms with Crippen molar-refractivity contribution in [3.63, 3.8) is 0 Å². The van der Waals surface area contributed by atoms with Crippen molar-refractivity contribution in [3.8, 4) is 0 Å². The number of hydrogen-bond acceptors (Lipinski definition) is 4. The van der Waals surface area contributed by atoms with Crippen LogP contribution in [0.5, 0.6) is 0 Å². The summed E-state index contributed by atoms with van der Waals surface area (Å²) < 4.78 is 5.41. The SMILES string of the molecule is CC(C)(C)CN1CCCC(N2CCOCC2CO)C1=O. The first kappa shape index (κ1) is 15.7. The van der Waals surface area contributed by atoms with Crippen molar-refractivity contribution in [3.05, 3.63) is 0 Å². The van der Waals surface area contributed by atoms with Crippen LogP contribution in [-0.4, -0.2) is 72.4 Å². The van der Waals surface area contributed by atoms with E-state index in [1.54, 1.807) is 0 Å². The van der Waals surface area contributed by atoms with Gasteiger partial charge in [0.25, 0.3) is 0 Å². The maximum absolute atomic E-state index is 12.7. The van der Waals surface area contributed by atoms with E-state index in [1.807, 2.05) is 4.90 Å². The van der Waals surface area contributed by atoms with Gasteiger partial charge in [0.05, 0.1) is 31.9 Å². The van der Waals surface area contributed by atoms with Crippen LogP contribution in [0.1, 0.15) is 33.6 Å². The fourth-order valence-corrected chi connectivity index (χ4v) is 3.19. The van der Waals surface area contributed by atoms with Crippen LogP contribution >= 0.6 is 0 Å². The molecule has 2 atom stereocenters. The first-order valence-corrected chi connectivity index (χ1v) is 7.65. The first-order chi connectivity index (χ1) is 9.42. The van der Waals surface area contributed by atoms with Crippen molar-refractivity contribution >= 4 is 5.91 Å². The lowest BCUT2D eigenvalue weighted by Crippen LogP contribution is -2.60. The number of likely N-dealkylation sites (tertiary alicyclic amines) is 1. The Balaban J connectivity index is 2.05. The predicted octanol–water partition coefficient (Wildman–Crippen LogP) is 0.717. The summed E-state index contributed by atoms with van der Waals surface area (Å²) in [5, 5.41) is 9.48.